The van der Waals surface area contributed by atoms with Crippen LogP contribution in [-0.2, 0) is 0 Å². The summed E-state index contributed by atoms with van der Waals surface area (Å²) in [6.07, 6.45) is 1.54. The van der Waals surface area contributed by atoms with Crippen LogP contribution in [0, 0.1) is 0 Å². The molecule has 0 spiro atoms. The van der Waals surface area contributed by atoms with Crippen molar-refractivity contribution in [2.24, 2.45) is 0 Å². The normalized spacial score (nSPS) is 10.5. The lowest BCUT2D eigenvalue weighted by atomic mass is 10.1. The molecule has 1 amide bonds. The molecule has 3 rings (SSSR count). The SMILES string of the molecule is COc1cccc(NC(=O)c2cn(C(C)=O)c3ccc(OC)cc23)c1. The summed E-state index contributed by atoms with van der Waals surface area (Å²) in [5.74, 6) is 0.775. The van der Waals surface area contributed by atoms with E-state index in [9.17, 15) is 9.59 Å². The van der Waals surface area contributed by atoms with Crippen LogP contribution >= 0.6 is 0 Å². The molecule has 6 heteroatoms. The third kappa shape index (κ3) is 3.19. The topological polar surface area (TPSA) is 69.6 Å². The first-order valence-electron chi connectivity index (χ1n) is 7.69. The highest BCUT2D eigenvalue weighted by Gasteiger charge is 2.18. The van der Waals surface area contributed by atoms with Crippen LogP contribution in [-0.4, -0.2) is 30.6 Å². The van der Waals surface area contributed by atoms with Gasteiger partial charge >= 0.3 is 0 Å². The first-order chi connectivity index (χ1) is 12.0. The highest BCUT2D eigenvalue weighted by atomic mass is 16.5. The van der Waals surface area contributed by atoms with Crippen LogP contribution in [0.5, 0.6) is 11.5 Å². The lowest BCUT2D eigenvalue weighted by Crippen LogP contribution is -2.12. The number of fused-ring (bicyclic) bond motifs is 1. The first kappa shape index (κ1) is 16.6. The Balaban J connectivity index is 2.04. The fourth-order valence-electron chi connectivity index (χ4n) is 2.68. The van der Waals surface area contributed by atoms with Crippen molar-refractivity contribution in [2.75, 3.05) is 19.5 Å². The van der Waals surface area contributed by atoms with Gasteiger partial charge in [-0.05, 0) is 30.3 Å². The van der Waals surface area contributed by atoms with Crippen LogP contribution in [0.15, 0.2) is 48.7 Å². The van der Waals surface area contributed by atoms with Gasteiger partial charge < -0.3 is 14.8 Å². The molecule has 0 aliphatic heterocycles. The number of benzene rings is 2. The standard InChI is InChI=1S/C19H18N2O4/c1-12(22)21-11-17(16-10-15(25-3)7-8-18(16)21)19(23)20-13-5-4-6-14(9-13)24-2/h4-11H,1-3H3,(H,20,23). The number of nitrogens with zero attached hydrogens (tertiary/aromatic N) is 1. The van der Waals surface area contributed by atoms with Crippen molar-refractivity contribution in [3.8, 4) is 11.5 Å². The molecule has 128 valence electrons. The van der Waals surface area contributed by atoms with E-state index in [-0.39, 0.29) is 11.8 Å². The Morgan fingerprint density at radius 2 is 1.72 bits per heavy atom. The maximum absolute atomic E-state index is 12.7. The average molecular weight is 338 g/mol. The summed E-state index contributed by atoms with van der Waals surface area (Å²) in [6, 6.07) is 12.3. The van der Waals surface area contributed by atoms with Crippen LogP contribution in [0.2, 0.25) is 0 Å². The van der Waals surface area contributed by atoms with E-state index in [1.807, 2.05) is 0 Å². The second-order valence-corrected chi connectivity index (χ2v) is 5.50. The van der Waals surface area contributed by atoms with Crippen molar-refractivity contribution in [1.82, 2.24) is 4.57 Å². The number of amides is 1. The number of anilines is 1. The molecule has 0 saturated carbocycles. The van der Waals surface area contributed by atoms with Gasteiger partial charge in [0.1, 0.15) is 11.5 Å². The summed E-state index contributed by atoms with van der Waals surface area (Å²) in [7, 11) is 3.12. The number of carbonyl (C=O) groups excluding carboxylic acids is 2. The number of hydrogen-bond acceptors (Lipinski definition) is 4. The Kier molecular flexibility index (Phi) is 4.43. The molecule has 6 nitrogen and oxygen atoms in total. The number of ether oxygens (including phenoxy) is 2. The molecular weight excluding hydrogens is 320 g/mol. The van der Waals surface area contributed by atoms with Crippen LogP contribution < -0.4 is 14.8 Å². The van der Waals surface area contributed by atoms with Gasteiger partial charge in [-0.15, -0.1) is 0 Å². The summed E-state index contributed by atoms with van der Waals surface area (Å²) in [5.41, 5.74) is 1.66. The molecule has 1 aromatic heterocycles. The molecule has 3 aromatic rings. The van der Waals surface area contributed by atoms with Crippen molar-refractivity contribution in [1.29, 1.82) is 0 Å². The summed E-state index contributed by atoms with van der Waals surface area (Å²) in [6.45, 7) is 1.45. The van der Waals surface area contributed by atoms with Gasteiger partial charge in [0.2, 0.25) is 5.91 Å². The number of nitrogens with one attached hydrogen (secondary N) is 1. The minimum absolute atomic E-state index is 0.171. The highest BCUT2D eigenvalue weighted by Crippen LogP contribution is 2.27. The number of hydrogen-bond donors (Lipinski definition) is 1. The quantitative estimate of drug-likeness (QED) is 0.789. The lowest BCUT2D eigenvalue weighted by molar-refractivity contribution is 0.0941. The second kappa shape index (κ2) is 6.68. The third-order valence-corrected chi connectivity index (χ3v) is 3.92. The summed E-state index contributed by atoms with van der Waals surface area (Å²) in [5, 5.41) is 3.48. The van der Waals surface area contributed by atoms with Crippen molar-refractivity contribution >= 4 is 28.4 Å². The zero-order chi connectivity index (χ0) is 18.0. The van der Waals surface area contributed by atoms with Crippen molar-refractivity contribution in [3.63, 3.8) is 0 Å². The Morgan fingerprint density at radius 3 is 2.40 bits per heavy atom. The van der Waals surface area contributed by atoms with Gasteiger partial charge in [-0.3, -0.25) is 14.2 Å². The predicted molar refractivity (Wildman–Crippen MR) is 95.7 cm³/mol. The van der Waals surface area contributed by atoms with E-state index in [2.05, 4.69) is 5.32 Å². The Bertz CT molecular complexity index is 959. The number of carbonyl (C=O) groups is 2. The fourth-order valence-corrected chi connectivity index (χ4v) is 2.68. The third-order valence-electron chi connectivity index (χ3n) is 3.92. The smallest absolute Gasteiger partial charge is 0.257 e. The molecule has 0 aliphatic rings. The molecule has 1 N–H and O–H groups in total. The molecule has 0 fully saturated rings. The summed E-state index contributed by atoms with van der Waals surface area (Å²) >= 11 is 0. The van der Waals surface area contributed by atoms with E-state index in [0.29, 0.717) is 33.7 Å². The maximum atomic E-state index is 12.7. The first-order valence-corrected chi connectivity index (χ1v) is 7.69. The maximum Gasteiger partial charge on any atom is 0.257 e. The fraction of sp³-hybridized carbons (Fsp3) is 0.158. The molecule has 0 saturated heterocycles. The van der Waals surface area contributed by atoms with E-state index >= 15 is 0 Å². The van der Waals surface area contributed by atoms with Crippen molar-refractivity contribution < 1.29 is 19.1 Å². The van der Waals surface area contributed by atoms with E-state index in [1.54, 1.807) is 62.9 Å². The molecule has 25 heavy (non-hydrogen) atoms. The average Bonchev–Trinajstić information content (AvgIpc) is 3.00. The molecule has 0 bridgehead atoms. The molecule has 0 aliphatic carbocycles. The van der Waals surface area contributed by atoms with Crippen molar-refractivity contribution in [2.45, 2.75) is 6.92 Å². The van der Waals surface area contributed by atoms with Gasteiger partial charge in [-0.2, -0.15) is 0 Å². The van der Waals surface area contributed by atoms with Gasteiger partial charge in [0.05, 0.1) is 25.3 Å². The highest BCUT2D eigenvalue weighted by molar-refractivity contribution is 6.14. The lowest BCUT2D eigenvalue weighted by Gasteiger charge is -2.06. The minimum atomic E-state index is -0.313. The zero-order valence-electron chi connectivity index (χ0n) is 14.2. The number of rotatable bonds is 4. The summed E-state index contributed by atoms with van der Waals surface area (Å²) < 4.78 is 11.8. The van der Waals surface area contributed by atoms with E-state index < -0.39 is 0 Å². The predicted octanol–water partition coefficient (Wildman–Crippen LogP) is 3.57. The van der Waals surface area contributed by atoms with Gasteiger partial charge in [0.25, 0.3) is 5.91 Å². The molecular formula is C19H18N2O4. The molecule has 0 radical (unpaired) electrons. The number of aromatic nitrogens is 1. The van der Waals surface area contributed by atoms with E-state index in [1.165, 1.54) is 11.5 Å². The van der Waals surface area contributed by atoms with Gasteiger partial charge in [0.15, 0.2) is 0 Å². The van der Waals surface area contributed by atoms with Crippen LogP contribution in [0.1, 0.15) is 22.1 Å². The van der Waals surface area contributed by atoms with E-state index in [4.69, 9.17) is 9.47 Å². The largest absolute Gasteiger partial charge is 0.497 e. The van der Waals surface area contributed by atoms with Crippen LogP contribution in [0.4, 0.5) is 5.69 Å². The van der Waals surface area contributed by atoms with Crippen LogP contribution in [0.25, 0.3) is 10.9 Å². The van der Waals surface area contributed by atoms with Gasteiger partial charge in [-0.25, -0.2) is 0 Å². The number of methoxy groups -OCH3 is 2. The Morgan fingerprint density at radius 1 is 1.00 bits per heavy atom. The zero-order valence-corrected chi connectivity index (χ0v) is 14.2. The van der Waals surface area contributed by atoms with Gasteiger partial charge in [0, 0.05) is 30.3 Å². The minimum Gasteiger partial charge on any atom is -0.497 e. The molecule has 1 heterocycles. The Labute approximate surface area is 145 Å². The molecule has 0 atom stereocenters. The van der Waals surface area contributed by atoms with Crippen molar-refractivity contribution in [3.05, 3.63) is 54.2 Å². The Hall–Kier alpha value is -3.28. The second-order valence-electron chi connectivity index (χ2n) is 5.50. The molecule has 2 aromatic carbocycles. The van der Waals surface area contributed by atoms with Gasteiger partial charge in [-0.1, -0.05) is 6.07 Å². The van der Waals surface area contributed by atoms with Crippen LogP contribution in [0.3, 0.4) is 0 Å². The molecule has 0 unspecified atom stereocenters. The monoisotopic (exact) mass is 338 g/mol. The summed E-state index contributed by atoms with van der Waals surface area (Å²) in [4.78, 5) is 24.6. The van der Waals surface area contributed by atoms with E-state index in [0.717, 1.165) is 0 Å².